The lowest BCUT2D eigenvalue weighted by molar-refractivity contribution is -0.201. The molecule has 2 aromatic rings. The molecule has 1 saturated carbocycles. The first-order chi connectivity index (χ1) is 19.2. The summed E-state index contributed by atoms with van der Waals surface area (Å²) in [6.45, 7) is 0.547. The Morgan fingerprint density at radius 1 is 1.10 bits per heavy atom. The topological polar surface area (TPSA) is 123 Å². The number of nitrogens with one attached hydrogen (secondary N) is 2. The van der Waals surface area contributed by atoms with Gasteiger partial charge in [0.05, 0.1) is 12.0 Å². The number of benzene rings is 2. The molecule has 7 rings (SSSR count). The minimum absolute atomic E-state index is 0.0351. The molecular weight excluding hydrogens is 518 g/mol. The van der Waals surface area contributed by atoms with E-state index in [-0.39, 0.29) is 25.2 Å². The second kappa shape index (κ2) is 9.66. The zero-order chi connectivity index (χ0) is 28.2. The molecule has 2 aromatic carbocycles. The third-order valence-corrected chi connectivity index (χ3v) is 9.06. The van der Waals surface area contributed by atoms with Gasteiger partial charge in [-0.05, 0) is 43.2 Å². The molecule has 10 heteroatoms. The number of piperidine rings is 3. The number of rotatable bonds is 5. The van der Waals surface area contributed by atoms with Gasteiger partial charge < -0.3 is 20.6 Å². The molecule has 3 saturated heterocycles. The van der Waals surface area contributed by atoms with Crippen LogP contribution < -0.4 is 10.6 Å². The van der Waals surface area contributed by atoms with Crippen LogP contribution in [0.4, 0.5) is 8.78 Å². The van der Waals surface area contributed by atoms with Crippen LogP contribution >= 0.6 is 0 Å². The van der Waals surface area contributed by atoms with Gasteiger partial charge in [-0.15, -0.1) is 0 Å². The lowest BCUT2D eigenvalue weighted by atomic mass is 9.70. The van der Waals surface area contributed by atoms with E-state index in [0.717, 1.165) is 11.3 Å². The van der Waals surface area contributed by atoms with Crippen molar-refractivity contribution >= 4 is 17.7 Å². The molecule has 0 radical (unpaired) electrons. The zero-order valence-corrected chi connectivity index (χ0v) is 21.8. The summed E-state index contributed by atoms with van der Waals surface area (Å²) in [6.07, 6.45) is 1.06. The maximum atomic E-state index is 15.2. The maximum Gasteiger partial charge on any atom is 0.264 e. The van der Waals surface area contributed by atoms with Crippen molar-refractivity contribution in [3.8, 4) is 17.2 Å². The largest absolute Gasteiger partial charge is 0.372 e. The van der Waals surface area contributed by atoms with Gasteiger partial charge in [-0.1, -0.05) is 48.5 Å². The fourth-order valence-corrected chi connectivity index (χ4v) is 7.17. The van der Waals surface area contributed by atoms with E-state index in [1.807, 2.05) is 6.07 Å². The van der Waals surface area contributed by atoms with Crippen molar-refractivity contribution in [3.05, 3.63) is 59.7 Å². The number of fused-ring (bicyclic) bond motifs is 6. The van der Waals surface area contributed by atoms with E-state index in [0.29, 0.717) is 35.2 Å². The average molecular weight is 549 g/mol. The highest BCUT2D eigenvalue weighted by molar-refractivity contribution is 6.01. The Balaban J connectivity index is 1.35. The summed E-state index contributed by atoms with van der Waals surface area (Å²) in [4.78, 5) is 41.5. The van der Waals surface area contributed by atoms with Gasteiger partial charge >= 0.3 is 0 Å². The molecule has 40 heavy (non-hydrogen) atoms. The highest BCUT2D eigenvalue weighted by Crippen LogP contribution is 2.53. The van der Waals surface area contributed by atoms with Crippen molar-refractivity contribution in [2.75, 3.05) is 6.54 Å². The van der Waals surface area contributed by atoms with Crippen molar-refractivity contribution in [1.29, 1.82) is 5.26 Å². The molecule has 0 unspecified atom stereocenters. The molecule has 208 valence electrons. The number of carbonyl (C=O) groups is 3. The number of halogens is 2. The first-order valence-electron chi connectivity index (χ1n) is 13.8. The first-order valence-corrected chi connectivity index (χ1v) is 13.8. The van der Waals surface area contributed by atoms with Crippen molar-refractivity contribution in [1.82, 2.24) is 15.5 Å². The molecule has 3 aliphatic heterocycles. The van der Waals surface area contributed by atoms with Gasteiger partial charge in [-0.2, -0.15) is 5.26 Å². The number of aliphatic hydroxyl groups is 1. The minimum Gasteiger partial charge on any atom is -0.372 e. The Kier molecular flexibility index (Phi) is 6.37. The van der Waals surface area contributed by atoms with Crippen LogP contribution in [-0.2, 0) is 20.0 Å². The summed E-state index contributed by atoms with van der Waals surface area (Å²) in [5.74, 6) is -7.03. The van der Waals surface area contributed by atoms with E-state index in [1.165, 1.54) is 0 Å². The summed E-state index contributed by atoms with van der Waals surface area (Å²) in [5, 5.41) is 27.2. The molecule has 4 fully saturated rings. The number of hydrogen-bond acceptors (Lipinski definition) is 5. The smallest absolute Gasteiger partial charge is 0.264 e. The van der Waals surface area contributed by atoms with Crippen LogP contribution in [0.5, 0.6) is 0 Å². The van der Waals surface area contributed by atoms with Crippen LogP contribution in [0.1, 0.15) is 49.7 Å². The zero-order valence-electron chi connectivity index (χ0n) is 21.8. The van der Waals surface area contributed by atoms with E-state index < -0.39 is 59.7 Å². The van der Waals surface area contributed by atoms with Crippen LogP contribution in [0, 0.1) is 23.2 Å². The summed E-state index contributed by atoms with van der Waals surface area (Å²) >= 11 is 0. The summed E-state index contributed by atoms with van der Waals surface area (Å²) in [5.41, 5.74) is -0.151. The standard InChI is InChI=1S/C30H30F2N4O4/c31-29(32)15-19-11-12-24(29)25(27(38)35-18(16-33)14-17-6-5-13-34-26(17)37)36(19)28(39)30(40)22-9-3-1-7-20(22)21-8-2-4-10-23(21)30/h1-4,7-10,17-19,24-25,40H,5-6,11-15H2,(H,34,37)(H,35,38)/t17-,18-,19-,24-,25-/m0/s1. The Morgan fingerprint density at radius 3 is 2.35 bits per heavy atom. The van der Waals surface area contributed by atoms with E-state index >= 15 is 8.78 Å². The fourth-order valence-electron chi connectivity index (χ4n) is 7.17. The maximum absolute atomic E-state index is 15.2. The van der Waals surface area contributed by atoms with E-state index in [4.69, 9.17) is 0 Å². The number of nitrogens with zero attached hydrogens (tertiary/aromatic N) is 2. The van der Waals surface area contributed by atoms with Crippen LogP contribution in [-0.4, -0.2) is 58.3 Å². The van der Waals surface area contributed by atoms with E-state index in [2.05, 4.69) is 10.6 Å². The number of hydrogen-bond donors (Lipinski definition) is 3. The Morgan fingerprint density at radius 2 is 1.75 bits per heavy atom. The van der Waals surface area contributed by atoms with Gasteiger partial charge in [0.15, 0.2) is 5.60 Å². The highest BCUT2D eigenvalue weighted by Gasteiger charge is 2.63. The molecule has 0 spiro atoms. The van der Waals surface area contributed by atoms with Gasteiger partial charge in [0.1, 0.15) is 12.1 Å². The van der Waals surface area contributed by atoms with Crippen molar-refractivity contribution in [2.45, 2.75) is 68.2 Å². The van der Waals surface area contributed by atoms with Crippen molar-refractivity contribution < 1.29 is 28.3 Å². The van der Waals surface area contributed by atoms with Crippen LogP contribution in [0.3, 0.4) is 0 Å². The third kappa shape index (κ3) is 3.98. The van der Waals surface area contributed by atoms with Gasteiger partial charge in [-0.25, -0.2) is 8.78 Å². The predicted molar refractivity (Wildman–Crippen MR) is 139 cm³/mol. The fraction of sp³-hybridized carbons (Fsp3) is 0.467. The predicted octanol–water partition coefficient (Wildman–Crippen LogP) is 2.84. The SMILES string of the molecule is N#C[C@H](C[C@@H]1CCCNC1=O)NC(=O)[C@@H]1[C@@H]2CC[C@@H](CC2(F)F)N1C(=O)C1(O)c2ccccc2-c2ccccc21. The second-order valence-electron chi connectivity index (χ2n) is 11.3. The van der Waals surface area contributed by atoms with E-state index in [9.17, 15) is 24.8 Å². The lowest BCUT2D eigenvalue weighted by Crippen LogP contribution is -2.70. The Bertz CT molecular complexity index is 1380. The van der Waals surface area contributed by atoms with Gasteiger partial charge in [0, 0.05) is 36.1 Å². The Hall–Kier alpha value is -3.84. The molecule has 3 amide bonds. The third-order valence-electron chi connectivity index (χ3n) is 9.06. The monoisotopic (exact) mass is 548 g/mol. The van der Waals surface area contributed by atoms with Gasteiger partial charge in [0.25, 0.3) is 11.8 Å². The number of amides is 3. The molecule has 5 aliphatic rings. The number of nitriles is 1. The average Bonchev–Trinajstić information content (AvgIpc) is 3.22. The molecule has 3 heterocycles. The summed E-state index contributed by atoms with van der Waals surface area (Å²) in [6, 6.07) is 12.2. The molecule has 5 atom stereocenters. The summed E-state index contributed by atoms with van der Waals surface area (Å²) in [7, 11) is 0. The number of alkyl halides is 2. The molecule has 3 N–H and O–H groups in total. The molecule has 8 nitrogen and oxygen atoms in total. The highest BCUT2D eigenvalue weighted by atomic mass is 19.3. The quantitative estimate of drug-likeness (QED) is 0.531. The van der Waals surface area contributed by atoms with Crippen LogP contribution in [0.25, 0.3) is 11.1 Å². The number of carbonyl (C=O) groups excluding carboxylic acids is 3. The molecular formula is C30H30F2N4O4. The first kappa shape index (κ1) is 26.4. The second-order valence-corrected chi connectivity index (χ2v) is 11.3. The molecule has 0 aromatic heterocycles. The summed E-state index contributed by atoms with van der Waals surface area (Å²) < 4.78 is 30.5. The molecule has 2 bridgehead atoms. The Labute approximate surface area is 230 Å². The normalized spacial score (nSPS) is 28.1. The lowest BCUT2D eigenvalue weighted by Gasteiger charge is -2.54. The van der Waals surface area contributed by atoms with E-state index in [1.54, 1.807) is 48.5 Å². The minimum atomic E-state index is -3.19. The molecule has 2 aliphatic carbocycles. The van der Waals surface area contributed by atoms with Crippen molar-refractivity contribution in [3.63, 3.8) is 0 Å². The van der Waals surface area contributed by atoms with Crippen molar-refractivity contribution in [2.24, 2.45) is 11.8 Å². The van der Waals surface area contributed by atoms with Gasteiger partial charge in [0.2, 0.25) is 11.8 Å². The van der Waals surface area contributed by atoms with Gasteiger partial charge in [-0.3, -0.25) is 14.4 Å². The van der Waals surface area contributed by atoms with Crippen LogP contribution in [0.15, 0.2) is 48.5 Å². The van der Waals surface area contributed by atoms with Crippen LogP contribution in [0.2, 0.25) is 0 Å².